The van der Waals surface area contributed by atoms with E-state index in [9.17, 15) is 4.79 Å². The third-order valence-corrected chi connectivity index (χ3v) is 5.61. The molecule has 3 aromatic heterocycles. The molecule has 0 spiro atoms. The average Bonchev–Trinajstić information content (AvgIpc) is 3.15. The van der Waals surface area contributed by atoms with Crippen molar-refractivity contribution in [3.63, 3.8) is 0 Å². The fraction of sp³-hybridized carbons (Fsp3) is 0.348. The van der Waals surface area contributed by atoms with Gasteiger partial charge in [0.2, 0.25) is 0 Å². The number of hydrogen-bond donors (Lipinski definition) is 0. The van der Waals surface area contributed by atoms with Crippen LogP contribution < -0.4 is 10.5 Å². The van der Waals surface area contributed by atoms with Gasteiger partial charge < -0.3 is 14.0 Å². The fourth-order valence-electron chi connectivity index (χ4n) is 4.34. The molecule has 2 unspecified atom stereocenters. The highest BCUT2D eigenvalue weighted by Gasteiger charge is 2.24. The number of imidazole rings is 1. The van der Waals surface area contributed by atoms with Gasteiger partial charge in [-0.25, -0.2) is 9.67 Å². The molecular formula is C23H26ClN5O2. The quantitative estimate of drug-likeness (QED) is 0.488. The van der Waals surface area contributed by atoms with E-state index < -0.39 is 0 Å². The number of rotatable bonds is 4. The number of nitrogens with zero attached hydrogens (tertiary/aromatic N) is 5. The van der Waals surface area contributed by atoms with Gasteiger partial charge in [0.1, 0.15) is 5.65 Å². The SMILES string of the molecule is CC1CN(c2cccc3cnn(CCc4cn5ccccc5n4)c(=O)c23)CC(C)O1.Cl. The highest BCUT2D eigenvalue weighted by Crippen LogP contribution is 2.26. The van der Waals surface area contributed by atoms with Crippen molar-refractivity contribution in [1.29, 1.82) is 0 Å². The van der Waals surface area contributed by atoms with Crippen molar-refractivity contribution < 1.29 is 4.74 Å². The molecule has 5 rings (SSSR count). The molecule has 31 heavy (non-hydrogen) atoms. The van der Waals surface area contributed by atoms with E-state index in [4.69, 9.17) is 4.74 Å². The summed E-state index contributed by atoms with van der Waals surface area (Å²) in [4.78, 5) is 20.2. The third kappa shape index (κ3) is 4.16. The van der Waals surface area contributed by atoms with Crippen LogP contribution in [0.1, 0.15) is 19.5 Å². The van der Waals surface area contributed by atoms with Gasteiger partial charge in [-0.15, -0.1) is 12.4 Å². The third-order valence-electron chi connectivity index (χ3n) is 5.61. The fourth-order valence-corrected chi connectivity index (χ4v) is 4.34. The topological polar surface area (TPSA) is 64.7 Å². The number of halogens is 1. The van der Waals surface area contributed by atoms with Crippen molar-refractivity contribution in [2.45, 2.75) is 39.0 Å². The van der Waals surface area contributed by atoms with Crippen LogP contribution in [0.2, 0.25) is 0 Å². The molecule has 0 radical (unpaired) electrons. The molecule has 0 N–H and O–H groups in total. The number of morpholine rings is 1. The van der Waals surface area contributed by atoms with E-state index in [2.05, 4.69) is 28.8 Å². The predicted octanol–water partition coefficient (Wildman–Crippen LogP) is 3.32. The summed E-state index contributed by atoms with van der Waals surface area (Å²) in [5, 5.41) is 6.01. The Kier molecular flexibility index (Phi) is 5.98. The Hall–Kier alpha value is -2.90. The zero-order valence-electron chi connectivity index (χ0n) is 17.6. The van der Waals surface area contributed by atoms with Crippen molar-refractivity contribution in [1.82, 2.24) is 19.2 Å². The lowest BCUT2D eigenvalue weighted by atomic mass is 10.1. The first kappa shape index (κ1) is 21.3. The molecule has 4 aromatic rings. The predicted molar refractivity (Wildman–Crippen MR) is 124 cm³/mol. The molecule has 0 amide bonds. The van der Waals surface area contributed by atoms with Crippen LogP contribution >= 0.6 is 12.4 Å². The van der Waals surface area contributed by atoms with Crippen LogP contribution in [0.4, 0.5) is 5.69 Å². The molecule has 7 nitrogen and oxygen atoms in total. The minimum absolute atomic E-state index is 0. The molecule has 8 heteroatoms. The van der Waals surface area contributed by atoms with Gasteiger partial charge in [-0.2, -0.15) is 5.10 Å². The normalized spacial score (nSPS) is 19.0. The van der Waals surface area contributed by atoms with Crippen molar-refractivity contribution in [3.05, 3.63) is 71.0 Å². The van der Waals surface area contributed by atoms with Crippen LogP contribution in [0.5, 0.6) is 0 Å². The lowest BCUT2D eigenvalue weighted by Crippen LogP contribution is -2.46. The molecule has 1 aliphatic heterocycles. The van der Waals surface area contributed by atoms with Gasteiger partial charge in [-0.1, -0.05) is 18.2 Å². The van der Waals surface area contributed by atoms with E-state index in [1.54, 1.807) is 10.9 Å². The Bertz CT molecular complexity index is 1220. The second-order valence-corrected chi connectivity index (χ2v) is 8.02. The molecule has 0 bridgehead atoms. The Morgan fingerprint density at radius 2 is 1.90 bits per heavy atom. The summed E-state index contributed by atoms with van der Waals surface area (Å²) in [6.07, 6.45) is 6.67. The number of fused-ring (bicyclic) bond motifs is 2. The zero-order chi connectivity index (χ0) is 20.7. The lowest BCUT2D eigenvalue weighted by molar-refractivity contribution is -0.00513. The molecule has 1 aliphatic rings. The Labute approximate surface area is 186 Å². The molecule has 0 saturated carbocycles. The molecule has 0 aliphatic carbocycles. The molecule has 4 heterocycles. The highest BCUT2D eigenvalue weighted by atomic mass is 35.5. The van der Waals surface area contributed by atoms with Gasteiger partial charge in [0.05, 0.1) is 41.7 Å². The smallest absolute Gasteiger partial charge is 0.276 e. The lowest BCUT2D eigenvalue weighted by Gasteiger charge is -2.37. The van der Waals surface area contributed by atoms with Crippen LogP contribution in [0.25, 0.3) is 16.4 Å². The van der Waals surface area contributed by atoms with E-state index in [-0.39, 0.29) is 30.2 Å². The van der Waals surface area contributed by atoms with Crippen molar-refractivity contribution in [2.75, 3.05) is 18.0 Å². The van der Waals surface area contributed by atoms with E-state index >= 15 is 0 Å². The summed E-state index contributed by atoms with van der Waals surface area (Å²) >= 11 is 0. The summed E-state index contributed by atoms with van der Waals surface area (Å²) < 4.78 is 9.42. The number of aryl methyl sites for hydroxylation is 2. The molecule has 1 saturated heterocycles. The van der Waals surface area contributed by atoms with Gasteiger partial charge in [-0.3, -0.25) is 4.79 Å². The van der Waals surface area contributed by atoms with E-state index in [0.717, 1.165) is 40.9 Å². The molecule has 1 fully saturated rings. The molecule has 2 atom stereocenters. The van der Waals surface area contributed by atoms with Crippen molar-refractivity contribution in [2.24, 2.45) is 0 Å². The molecule has 1 aromatic carbocycles. The van der Waals surface area contributed by atoms with Crippen LogP contribution in [-0.2, 0) is 17.7 Å². The standard InChI is InChI=1S/C23H25N5O2.ClH/c1-16-13-27(14-17(2)30-16)20-7-5-6-18-12-24-28(23(29)22(18)20)11-9-19-15-26-10-4-3-8-21(26)25-19;/h3-8,10,12,15-17H,9,11,13-14H2,1-2H3;1H. The van der Waals surface area contributed by atoms with Gasteiger partial charge in [-0.05, 0) is 32.0 Å². The van der Waals surface area contributed by atoms with Gasteiger partial charge in [0.15, 0.2) is 0 Å². The average molecular weight is 440 g/mol. The molecular weight excluding hydrogens is 414 g/mol. The summed E-state index contributed by atoms with van der Waals surface area (Å²) in [5.41, 5.74) is 2.75. The van der Waals surface area contributed by atoms with Gasteiger partial charge in [0.25, 0.3) is 5.56 Å². The van der Waals surface area contributed by atoms with E-state index in [1.165, 1.54) is 0 Å². The second-order valence-electron chi connectivity index (χ2n) is 8.02. The highest BCUT2D eigenvalue weighted by molar-refractivity contribution is 5.93. The Balaban J connectivity index is 0.00000231. The van der Waals surface area contributed by atoms with Crippen molar-refractivity contribution >= 4 is 34.5 Å². The zero-order valence-corrected chi connectivity index (χ0v) is 18.5. The first-order valence-electron chi connectivity index (χ1n) is 10.4. The summed E-state index contributed by atoms with van der Waals surface area (Å²) in [7, 11) is 0. The Morgan fingerprint density at radius 1 is 1.10 bits per heavy atom. The maximum Gasteiger partial charge on any atom is 0.276 e. The number of benzene rings is 1. The maximum atomic E-state index is 13.4. The minimum Gasteiger partial charge on any atom is -0.372 e. The first-order chi connectivity index (χ1) is 14.6. The number of aromatic nitrogens is 4. The minimum atomic E-state index is -0.0568. The second kappa shape index (κ2) is 8.69. The summed E-state index contributed by atoms with van der Waals surface area (Å²) in [6.45, 7) is 6.17. The van der Waals surface area contributed by atoms with Crippen LogP contribution in [0.15, 0.2) is 59.8 Å². The number of anilines is 1. The maximum absolute atomic E-state index is 13.4. The van der Waals surface area contributed by atoms with Gasteiger partial charge in [0, 0.05) is 37.3 Å². The van der Waals surface area contributed by atoms with Crippen molar-refractivity contribution in [3.8, 4) is 0 Å². The number of hydrogen-bond acceptors (Lipinski definition) is 5. The summed E-state index contributed by atoms with van der Waals surface area (Å²) in [5.74, 6) is 0. The monoisotopic (exact) mass is 439 g/mol. The van der Waals surface area contributed by atoms with E-state index in [0.29, 0.717) is 13.0 Å². The number of ether oxygens (including phenoxy) is 1. The molecule has 162 valence electrons. The van der Waals surface area contributed by atoms with Crippen LogP contribution in [0, 0.1) is 0 Å². The summed E-state index contributed by atoms with van der Waals surface area (Å²) in [6, 6.07) is 11.9. The number of pyridine rings is 1. The van der Waals surface area contributed by atoms with E-state index in [1.807, 2.05) is 53.2 Å². The van der Waals surface area contributed by atoms with Crippen LogP contribution in [-0.4, -0.2) is 44.5 Å². The van der Waals surface area contributed by atoms with Crippen LogP contribution in [0.3, 0.4) is 0 Å². The first-order valence-corrected chi connectivity index (χ1v) is 10.4. The van der Waals surface area contributed by atoms with Gasteiger partial charge >= 0.3 is 0 Å². The Morgan fingerprint density at radius 3 is 2.68 bits per heavy atom. The largest absolute Gasteiger partial charge is 0.372 e.